The molecule has 164 valence electrons. The van der Waals surface area contributed by atoms with Crippen LogP contribution in [0.5, 0.6) is 0 Å². The maximum atomic E-state index is 12.3. The number of morpholine rings is 1. The monoisotopic (exact) mass is 440 g/mol. The third kappa shape index (κ3) is 3.88. The van der Waals surface area contributed by atoms with Gasteiger partial charge in [-0.05, 0) is 42.4 Å². The van der Waals surface area contributed by atoms with Crippen molar-refractivity contribution in [2.75, 3.05) is 30.4 Å². The van der Waals surface area contributed by atoms with Crippen molar-refractivity contribution < 1.29 is 14.1 Å². The number of carbonyl (C=O) groups excluding carboxylic acids is 1. The fraction of sp³-hybridized carbons (Fsp3) is 0.429. The fourth-order valence-corrected chi connectivity index (χ4v) is 3.97. The second kappa shape index (κ2) is 7.61. The van der Waals surface area contributed by atoms with Crippen LogP contribution in [0.4, 0.5) is 11.6 Å². The van der Waals surface area contributed by atoms with E-state index >= 15 is 0 Å². The first-order valence-electron chi connectivity index (χ1n) is 10.3. The third-order valence-electron chi connectivity index (χ3n) is 5.92. The molecule has 0 spiro atoms. The molecule has 31 heavy (non-hydrogen) atoms. The molecule has 4 rings (SSSR count). The van der Waals surface area contributed by atoms with E-state index in [1.165, 1.54) is 0 Å². The van der Waals surface area contributed by atoms with Crippen molar-refractivity contribution in [3.05, 3.63) is 30.5 Å². The van der Waals surface area contributed by atoms with Gasteiger partial charge in [0.2, 0.25) is 0 Å². The van der Waals surface area contributed by atoms with Crippen LogP contribution in [0, 0.1) is 0 Å². The van der Waals surface area contributed by atoms with Crippen LogP contribution in [0.25, 0.3) is 22.6 Å². The second-order valence-electron chi connectivity index (χ2n) is 9.13. The number of pyridine rings is 2. The number of carbonyl (C=O) groups is 1. The van der Waals surface area contributed by atoms with Crippen LogP contribution in [-0.4, -0.2) is 53.7 Å². The number of ether oxygens (including phenoxy) is 1. The molecule has 3 aromatic heterocycles. The van der Waals surface area contributed by atoms with Gasteiger partial charge < -0.3 is 15.0 Å². The minimum absolute atomic E-state index is 0.0425. The Labute approximate surface area is 182 Å². The Morgan fingerprint density at radius 3 is 2.65 bits per heavy atom. The third-order valence-corrected chi connectivity index (χ3v) is 10.2. The van der Waals surface area contributed by atoms with E-state index in [1.54, 1.807) is 21.9 Å². The Balaban J connectivity index is 1.90. The average molecular weight is 441 g/mol. The van der Waals surface area contributed by atoms with Crippen molar-refractivity contribution in [3.8, 4) is 11.4 Å². The van der Waals surface area contributed by atoms with Crippen LogP contribution >= 0.6 is 0 Å². The maximum absolute atomic E-state index is 12.3. The van der Waals surface area contributed by atoms with E-state index in [1.807, 2.05) is 18.2 Å². The number of hydrogen-bond donors (Lipinski definition) is 1. The van der Waals surface area contributed by atoms with Gasteiger partial charge in [-0.1, -0.05) is 20.8 Å². The average Bonchev–Trinajstić information content (AvgIpc) is 3.05. The fourth-order valence-electron chi connectivity index (χ4n) is 3.07. The van der Waals surface area contributed by atoms with E-state index in [2.05, 4.69) is 38.8 Å². The lowest BCUT2D eigenvalue weighted by Crippen LogP contribution is -2.48. The summed E-state index contributed by atoms with van der Waals surface area (Å²) in [5.74, 6) is 1.34. The van der Waals surface area contributed by atoms with Crippen LogP contribution in [0.15, 0.2) is 30.5 Å². The second-order valence-corrected chi connectivity index (χ2v) is 13.8. The van der Waals surface area contributed by atoms with E-state index in [0.29, 0.717) is 47.3 Å². The van der Waals surface area contributed by atoms with Crippen LogP contribution in [0.2, 0.25) is 18.1 Å². The first-order valence-corrected chi connectivity index (χ1v) is 13.2. The number of nitrogen functional groups attached to an aromatic ring is 1. The summed E-state index contributed by atoms with van der Waals surface area (Å²) in [4.78, 5) is 27.7. The first-order chi connectivity index (χ1) is 14.6. The van der Waals surface area contributed by atoms with E-state index in [9.17, 15) is 4.79 Å². The van der Waals surface area contributed by atoms with Gasteiger partial charge in [0.05, 0.1) is 18.7 Å². The summed E-state index contributed by atoms with van der Waals surface area (Å²) in [7, 11) is -2.26. The highest BCUT2D eigenvalue weighted by Gasteiger charge is 2.41. The molecule has 0 aromatic carbocycles. The Morgan fingerprint density at radius 1 is 1.19 bits per heavy atom. The molecule has 1 saturated heterocycles. The molecule has 3 aromatic rings. The molecule has 4 heterocycles. The van der Waals surface area contributed by atoms with Crippen molar-refractivity contribution in [1.29, 1.82) is 0 Å². The number of nitrogens with zero attached hydrogens (tertiary/aromatic N) is 5. The molecule has 1 aliphatic rings. The molecule has 2 N–H and O–H groups in total. The van der Waals surface area contributed by atoms with Gasteiger partial charge in [-0.25, -0.2) is 15.0 Å². The Hall–Kier alpha value is -2.98. The minimum atomic E-state index is -2.26. The largest absolute Gasteiger partial charge is 0.466 e. The Bertz CT molecular complexity index is 1140. The zero-order valence-corrected chi connectivity index (χ0v) is 19.5. The molecular formula is C21H28N6O3Si. The molecule has 1 aliphatic heterocycles. The highest BCUT2D eigenvalue weighted by molar-refractivity contribution is 6.74. The van der Waals surface area contributed by atoms with Gasteiger partial charge in [0.1, 0.15) is 23.8 Å². The summed E-state index contributed by atoms with van der Waals surface area (Å²) in [5.41, 5.74) is 8.03. The van der Waals surface area contributed by atoms with E-state index in [0.717, 1.165) is 0 Å². The maximum Gasteiger partial charge on any atom is 0.284 e. The normalized spacial score (nSPS) is 15.5. The van der Waals surface area contributed by atoms with Gasteiger partial charge in [0, 0.05) is 6.20 Å². The van der Waals surface area contributed by atoms with Crippen molar-refractivity contribution in [2.24, 2.45) is 0 Å². The van der Waals surface area contributed by atoms with Gasteiger partial charge in [-0.2, -0.15) is 4.73 Å². The lowest BCUT2D eigenvalue weighted by molar-refractivity contribution is -0.125. The van der Waals surface area contributed by atoms with Crippen molar-refractivity contribution in [1.82, 2.24) is 19.7 Å². The number of nitrogens with two attached hydrogens (primary N) is 1. The number of hydrogen-bond acceptors (Lipinski definition) is 7. The first kappa shape index (κ1) is 21.3. The van der Waals surface area contributed by atoms with Crippen LogP contribution in [0.1, 0.15) is 20.8 Å². The molecule has 1 amide bonds. The summed E-state index contributed by atoms with van der Waals surface area (Å²) in [5, 5.41) is -0.0425. The number of aromatic nitrogens is 4. The van der Waals surface area contributed by atoms with E-state index in [-0.39, 0.29) is 17.6 Å². The topological polar surface area (TPSA) is 108 Å². The molecular weight excluding hydrogens is 412 g/mol. The molecule has 0 aliphatic carbocycles. The van der Waals surface area contributed by atoms with Crippen LogP contribution in [-0.2, 0) is 9.53 Å². The molecule has 0 radical (unpaired) electrons. The number of anilines is 2. The van der Waals surface area contributed by atoms with Gasteiger partial charge in [0.25, 0.3) is 14.2 Å². The zero-order valence-electron chi connectivity index (χ0n) is 18.5. The summed E-state index contributed by atoms with van der Waals surface area (Å²) >= 11 is 0. The molecule has 10 heteroatoms. The molecule has 0 unspecified atom stereocenters. The van der Waals surface area contributed by atoms with Gasteiger partial charge in [-0.15, -0.1) is 0 Å². The minimum Gasteiger partial charge on any atom is -0.466 e. The SMILES string of the molecule is CC(C)(C)[Si](C)(C)On1c(-c2cccnc2N)nc2ccc(N3CCOCC3=O)nc21. The van der Waals surface area contributed by atoms with Crippen molar-refractivity contribution >= 4 is 37.0 Å². The van der Waals surface area contributed by atoms with E-state index < -0.39 is 8.32 Å². The Morgan fingerprint density at radius 2 is 1.97 bits per heavy atom. The van der Waals surface area contributed by atoms with Gasteiger partial charge in [0.15, 0.2) is 11.5 Å². The number of amides is 1. The van der Waals surface area contributed by atoms with Crippen LogP contribution < -0.4 is 15.2 Å². The van der Waals surface area contributed by atoms with Crippen LogP contribution in [0.3, 0.4) is 0 Å². The number of rotatable bonds is 4. The quantitative estimate of drug-likeness (QED) is 0.621. The summed E-state index contributed by atoms with van der Waals surface area (Å²) in [6.07, 6.45) is 1.64. The summed E-state index contributed by atoms with van der Waals surface area (Å²) in [6.45, 7) is 11.8. The highest BCUT2D eigenvalue weighted by atomic mass is 28.4. The lowest BCUT2D eigenvalue weighted by Gasteiger charge is -2.36. The predicted octanol–water partition coefficient (Wildman–Crippen LogP) is 2.87. The standard InChI is InChI=1S/C21H28N6O3Si/c1-21(2,3)31(4,5)30-27-19(14-7-6-10-23-18(14)22)24-15-8-9-16(25-20(15)27)26-11-12-29-13-17(26)28/h6-10H,11-13H2,1-5H3,(H2,22,23). The van der Waals surface area contributed by atoms with Gasteiger partial charge >= 0.3 is 0 Å². The Kier molecular flexibility index (Phi) is 5.22. The number of imidazole rings is 1. The highest BCUT2D eigenvalue weighted by Crippen LogP contribution is 2.37. The molecule has 1 fully saturated rings. The summed E-state index contributed by atoms with van der Waals surface area (Å²) in [6, 6.07) is 7.32. The summed E-state index contributed by atoms with van der Waals surface area (Å²) < 4.78 is 13.6. The lowest BCUT2D eigenvalue weighted by atomic mass is 10.2. The molecule has 0 bridgehead atoms. The van der Waals surface area contributed by atoms with Gasteiger partial charge in [-0.3, -0.25) is 9.69 Å². The molecule has 0 atom stereocenters. The molecule has 9 nitrogen and oxygen atoms in total. The smallest absolute Gasteiger partial charge is 0.284 e. The van der Waals surface area contributed by atoms with Crippen molar-refractivity contribution in [2.45, 2.75) is 38.9 Å². The van der Waals surface area contributed by atoms with E-state index in [4.69, 9.17) is 25.0 Å². The number of fused-ring (bicyclic) bond motifs is 1. The zero-order chi connectivity index (χ0) is 22.4. The van der Waals surface area contributed by atoms with Crippen molar-refractivity contribution in [3.63, 3.8) is 0 Å². The molecule has 0 saturated carbocycles. The predicted molar refractivity (Wildman–Crippen MR) is 122 cm³/mol.